The van der Waals surface area contributed by atoms with Gasteiger partial charge in [-0.25, -0.2) is 9.67 Å². The van der Waals surface area contributed by atoms with Crippen molar-refractivity contribution in [2.75, 3.05) is 63.7 Å². The summed E-state index contributed by atoms with van der Waals surface area (Å²) in [6, 6.07) is 12.0. The number of aromatic nitrogens is 5. The van der Waals surface area contributed by atoms with Crippen LogP contribution < -0.4 is 15.4 Å². The van der Waals surface area contributed by atoms with Crippen molar-refractivity contribution < 1.29 is 13.9 Å². The fraction of sp³-hybridized carbons (Fsp3) is 0.417. The average Bonchev–Trinajstić information content (AvgIpc) is 3.49. The van der Waals surface area contributed by atoms with Crippen molar-refractivity contribution in [3.05, 3.63) is 42.2 Å². The first-order chi connectivity index (χ1) is 17.1. The minimum absolute atomic E-state index is 0.175. The Morgan fingerprint density at radius 2 is 1.77 bits per heavy atom. The second-order valence-corrected chi connectivity index (χ2v) is 8.49. The molecule has 1 aliphatic rings. The molecule has 0 radical (unpaired) electrons. The number of furan rings is 1. The molecule has 0 saturated carbocycles. The van der Waals surface area contributed by atoms with Crippen LogP contribution in [0.2, 0.25) is 0 Å². The number of piperazine rings is 1. The molecular weight excluding hydrogens is 448 g/mol. The maximum absolute atomic E-state index is 5.98. The molecule has 0 aliphatic carbocycles. The first kappa shape index (κ1) is 23.1. The molecule has 3 aromatic heterocycles. The van der Waals surface area contributed by atoms with Gasteiger partial charge in [-0.2, -0.15) is 4.98 Å². The standard InChI is InChI=1S/C24H30N8O3/c1-17-3-8-20(35-17)21-22-23(27-24(25)26-21)32(29-28-22)14-11-30-9-12-31(13-10-30)18-4-6-19(7-5-18)34-16-15-33-2/h3-8H,9-16H2,1-2H3,(H2,25,26,27). The number of anilines is 2. The van der Waals surface area contributed by atoms with Crippen molar-refractivity contribution in [2.45, 2.75) is 13.5 Å². The lowest BCUT2D eigenvalue weighted by molar-refractivity contribution is 0.146. The van der Waals surface area contributed by atoms with Gasteiger partial charge in [0.15, 0.2) is 16.9 Å². The average molecular weight is 479 g/mol. The van der Waals surface area contributed by atoms with Gasteiger partial charge in [0.2, 0.25) is 5.95 Å². The predicted molar refractivity (Wildman–Crippen MR) is 132 cm³/mol. The lowest BCUT2D eigenvalue weighted by Crippen LogP contribution is -2.47. The van der Waals surface area contributed by atoms with Gasteiger partial charge >= 0.3 is 0 Å². The molecule has 184 valence electrons. The van der Waals surface area contributed by atoms with Gasteiger partial charge in [0.05, 0.1) is 13.2 Å². The van der Waals surface area contributed by atoms with Crippen molar-refractivity contribution in [3.63, 3.8) is 0 Å². The summed E-state index contributed by atoms with van der Waals surface area (Å²) in [5, 5.41) is 8.64. The molecule has 0 spiro atoms. The lowest BCUT2D eigenvalue weighted by atomic mass is 10.2. The third-order valence-electron chi connectivity index (χ3n) is 6.11. The highest BCUT2D eigenvalue weighted by Gasteiger charge is 2.20. The highest BCUT2D eigenvalue weighted by Crippen LogP contribution is 2.27. The number of aryl methyl sites for hydroxylation is 1. The van der Waals surface area contributed by atoms with Gasteiger partial charge in [-0.3, -0.25) is 4.90 Å². The van der Waals surface area contributed by atoms with E-state index in [0.717, 1.165) is 44.2 Å². The lowest BCUT2D eigenvalue weighted by Gasteiger charge is -2.36. The van der Waals surface area contributed by atoms with Crippen molar-refractivity contribution in [1.82, 2.24) is 29.9 Å². The smallest absolute Gasteiger partial charge is 0.222 e. The molecule has 0 amide bonds. The molecule has 1 saturated heterocycles. The summed E-state index contributed by atoms with van der Waals surface area (Å²) < 4.78 is 18.2. The maximum Gasteiger partial charge on any atom is 0.222 e. The maximum atomic E-state index is 5.98. The molecule has 1 aromatic carbocycles. The Hall–Kier alpha value is -3.70. The second-order valence-electron chi connectivity index (χ2n) is 8.49. The minimum Gasteiger partial charge on any atom is -0.491 e. The normalized spacial score (nSPS) is 14.6. The van der Waals surface area contributed by atoms with E-state index in [1.54, 1.807) is 11.8 Å². The number of rotatable bonds is 9. The van der Waals surface area contributed by atoms with Gasteiger partial charge in [0.25, 0.3) is 0 Å². The third-order valence-corrected chi connectivity index (χ3v) is 6.11. The summed E-state index contributed by atoms with van der Waals surface area (Å²) in [7, 11) is 1.67. The summed E-state index contributed by atoms with van der Waals surface area (Å²) in [6.45, 7) is 8.37. The van der Waals surface area contributed by atoms with Gasteiger partial charge in [-0.15, -0.1) is 5.10 Å². The second kappa shape index (κ2) is 10.3. The van der Waals surface area contributed by atoms with E-state index in [1.807, 2.05) is 31.2 Å². The van der Waals surface area contributed by atoms with Crippen LogP contribution in [0.1, 0.15) is 5.76 Å². The van der Waals surface area contributed by atoms with Gasteiger partial charge in [-0.05, 0) is 43.3 Å². The Labute approximate surface area is 203 Å². The molecule has 35 heavy (non-hydrogen) atoms. The Bertz CT molecular complexity index is 1260. The van der Waals surface area contributed by atoms with Crippen LogP contribution in [0.3, 0.4) is 0 Å². The third kappa shape index (κ3) is 5.20. The number of fused-ring (bicyclic) bond motifs is 1. The molecular formula is C24H30N8O3. The fourth-order valence-electron chi connectivity index (χ4n) is 4.22. The molecule has 0 unspecified atom stereocenters. The number of nitrogens with two attached hydrogens (primary N) is 1. The van der Waals surface area contributed by atoms with Gasteiger partial charge in [0, 0.05) is 45.5 Å². The zero-order valence-electron chi connectivity index (χ0n) is 20.1. The zero-order valence-corrected chi connectivity index (χ0v) is 20.1. The minimum atomic E-state index is 0.175. The van der Waals surface area contributed by atoms with Crippen LogP contribution >= 0.6 is 0 Å². The summed E-state index contributed by atoms with van der Waals surface area (Å²) in [5.74, 6) is 2.44. The van der Waals surface area contributed by atoms with Gasteiger partial charge in [0.1, 0.15) is 23.8 Å². The number of hydrogen-bond donors (Lipinski definition) is 1. The van der Waals surface area contributed by atoms with Crippen molar-refractivity contribution in [1.29, 1.82) is 0 Å². The first-order valence-electron chi connectivity index (χ1n) is 11.7. The fourth-order valence-corrected chi connectivity index (χ4v) is 4.22. The molecule has 0 bridgehead atoms. The Morgan fingerprint density at radius 1 is 0.971 bits per heavy atom. The highest BCUT2D eigenvalue weighted by atomic mass is 16.5. The molecule has 11 heteroatoms. The van der Waals surface area contributed by atoms with Crippen LogP contribution in [-0.4, -0.2) is 82.9 Å². The Balaban J connectivity index is 1.18. The van der Waals surface area contributed by atoms with Crippen molar-refractivity contribution in [3.8, 4) is 17.2 Å². The van der Waals surface area contributed by atoms with E-state index in [-0.39, 0.29) is 5.95 Å². The van der Waals surface area contributed by atoms with Gasteiger partial charge in [-0.1, -0.05) is 5.21 Å². The summed E-state index contributed by atoms with van der Waals surface area (Å²) in [5.41, 5.74) is 8.97. The molecule has 4 heterocycles. The van der Waals surface area contributed by atoms with Crippen LogP contribution in [-0.2, 0) is 11.3 Å². The van der Waals surface area contributed by atoms with Crippen LogP contribution in [0.25, 0.3) is 22.6 Å². The number of hydrogen-bond acceptors (Lipinski definition) is 10. The van der Waals surface area contributed by atoms with Crippen LogP contribution in [0.15, 0.2) is 40.8 Å². The van der Waals surface area contributed by atoms with Crippen LogP contribution in [0.4, 0.5) is 11.6 Å². The van der Waals surface area contributed by atoms with E-state index < -0.39 is 0 Å². The van der Waals surface area contributed by atoms with E-state index in [9.17, 15) is 0 Å². The zero-order chi connectivity index (χ0) is 24.2. The Kier molecular flexibility index (Phi) is 6.77. The van der Waals surface area contributed by atoms with Crippen molar-refractivity contribution >= 4 is 22.8 Å². The van der Waals surface area contributed by atoms with Crippen LogP contribution in [0, 0.1) is 6.92 Å². The summed E-state index contributed by atoms with van der Waals surface area (Å²) in [4.78, 5) is 13.5. The van der Waals surface area contributed by atoms with Crippen LogP contribution in [0.5, 0.6) is 5.75 Å². The molecule has 4 aromatic rings. The summed E-state index contributed by atoms with van der Waals surface area (Å²) >= 11 is 0. The summed E-state index contributed by atoms with van der Waals surface area (Å²) in [6.07, 6.45) is 0. The van der Waals surface area contributed by atoms with E-state index in [2.05, 4.69) is 42.2 Å². The first-order valence-corrected chi connectivity index (χ1v) is 11.7. The number of nitrogen functional groups attached to an aromatic ring is 1. The molecule has 0 atom stereocenters. The predicted octanol–water partition coefficient (Wildman–Crippen LogP) is 2.22. The van der Waals surface area contributed by atoms with Gasteiger partial charge < -0.3 is 24.5 Å². The monoisotopic (exact) mass is 478 g/mol. The quantitative estimate of drug-likeness (QED) is 0.358. The molecule has 1 aliphatic heterocycles. The molecule has 5 rings (SSSR count). The molecule has 11 nitrogen and oxygen atoms in total. The van der Waals surface area contributed by atoms with Crippen molar-refractivity contribution in [2.24, 2.45) is 0 Å². The van der Waals surface area contributed by atoms with E-state index >= 15 is 0 Å². The number of benzene rings is 1. The van der Waals surface area contributed by atoms with E-state index in [0.29, 0.717) is 42.4 Å². The van der Waals surface area contributed by atoms with E-state index in [4.69, 9.17) is 19.6 Å². The SMILES string of the molecule is COCCOc1ccc(N2CCN(CCn3nnc4c(-c5ccc(C)o5)nc(N)nc43)CC2)cc1. The largest absolute Gasteiger partial charge is 0.491 e. The number of ether oxygens (including phenoxy) is 2. The molecule has 1 fully saturated rings. The topological polar surface area (TPSA) is 121 Å². The molecule has 2 N–H and O–H groups in total. The number of methoxy groups -OCH3 is 1. The Morgan fingerprint density at radius 3 is 2.49 bits per heavy atom. The number of nitrogens with zero attached hydrogens (tertiary/aromatic N) is 7. The highest BCUT2D eigenvalue weighted by molar-refractivity contribution is 5.85. The van der Waals surface area contributed by atoms with E-state index in [1.165, 1.54) is 5.69 Å².